The van der Waals surface area contributed by atoms with Crippen molar-refractivity contribution in [2.75, 3.05) is 38.1 Å². The third kappa shape index (κ3) is 4.28. The number of amides is 2. The zero-order valence-electron chi connectivity index (χ0n) is 13.9. The summed E-state index contributed by atoms with van der Waals surface area (Å²) in [6.07, 6.45) is 0.172. The Morgan fingerprint density at radius 1 is 1.48 bits per heavy atom. The van der Waals surface area contributed by atoms with Crippen molar-refractivity contribution in [1.29, 1.82) is 0 Å². The van der Waals surface area contributed by atoms with Crippen LogP contribution in [0.15, 0.2) is 18.2 Å². The molecule has 1 atom stereocenters. The molecule has 0 saturated carbocycles. The van der Waals surface area contributed by atoms with Gasteiger partial charge in [0.2, 0.25) is 11.8 Å². The Kier molecular flexibility index (Phi) is 5.71. The zero-order chi connectivity index (χ0) is 17.0. The van der Waals surface area contributed by atoms with E-state index in [0.717, 1.165) is 13.1 Å². The van der Waals surface area contributed by atoms with Gasteiger partial charge in [0.15, 0.2) is 0 Å². The van der Waals surface area contributed by atoms with Gasteiger partial charge in [-0.1, -0.05) is 13.0 Å². The Morgan fingerprint density at radius 2 is 2.22 bits per heavy atom. The number of halogens is 1. The summed E-state index contributed by atoms with van der Waals surface area (Å²) in [5.74, 6) is -0.971. The minimum absolute atomic E-state index is 0.113. The Hall–Kier alpha value is -1.95. The SMILES string of the molecule is CCN(C)CCNC(=O)C1CC(=O)N(c2ccc(C)c(F)c2)C1. The molecule has 0 spiro atoms. The van der Waals surface area contributed by atoms with Crippen LogP contribution in [-0.4, -0.2) is 49.9 Å². The minimum Gasteiger partial charge on any atom is -0.355 e. The number of nitrogens with one attached hydrogen (secondary N) is 1. The highest BCUT2D eigenvalue weighted by molar-refractivity contribution is 6.00. The lowest BCUT2D eigenvalue weighted by Crippen LogP contribution is -2.37. The molecule has 1 heterocycles. The molecule has 1 aliphatic rings. The predicted molar refractivity (Wildman–Crippen MR) is 87.8 cm³/mol. The normalized spacial score (nSPS) is 17.9. The van der Waals surface area contributed by atoms with Gasteiger partial charge in [-0.25, -0.2) is 4.39 Å². The molecule has 1 saturated heterocycles. The third-order valence-corrected chi connectivity index (χ3v) is 4.30. The fourth-order valence-corrected chi connectivity index (χ4v) is 2.55. The first-order valence-corrected chi connectivity index (χ1v) is 7.95. The molecule has 5 nitrogen and oxygen atoms in total. The Balaban J connectivity index is 1.93. The Bertz CT molecular complexity index is 591. The maximum atomic E-state index is 13.7. The standard InChI is InChI=1S/C17H24FN3O2/c1-4-20(3)8-7-19-17(23)13-9-16(22)21(11-13)14-6-5-12(2)15(18)10-14/h5-6,10,13H,4,7-9,11H2,1-3H3,(H,19,23). The van der Waals surface area contributed by atoms with E-state index in [1.807, 2.05) is 7.05 Å². The van der Waals surface area contributed by atoms with Crippen LogP contribution in [0, 0.1) is 18.7 Å². The lowest BCUT2D eigenvalue weighted by atomic mass is 10.1. The summed E-state index contributed by atoms with van der Waals surface area (Å²) in [6.45, 7) is 6.29. The molecule has 1 aromatic rings. The molecule has 126 valence electrons. The van der Waals surface area contributed by atoms with Crippen molar-refractivity contribution in [3.05, 3.63) is 29.6 Å². The molecule has 1 unspecified atom stereocenters. The van der Waals surface area contributed by atoms with E-state index in [0.29, 0.717) is 24.3 Å². The number of hydrogen-bond acceptors (Lipinski definition) is 3. The van der Waals surface area contributed by atoms with Gasteiger partial charge in [-0.3, -0.25) is 9.59 Å². The topological polar surface area (TPSA) is 52.7 Å². The quantitative estimate of drug-likeness (QED) is 0.865. The molecule has 1 fully saturated rings. The fourth-order valence-electron chi connectivity index (χ4n) is 2.55. The molecule has 0 radical (unpaired) electrons. The van der Waals surface area contributed by atoms with Crippen LogP contribution in [-0.2, 0) is 9.59 Å². The summed E-state index contributed by atoms with van der Waals surface area (Å²) in [5.41, 5.74) is 1.05. The largest absolute Gasteiger partial charge is 0.355 e. The Labute approximate surface area is 136 Å². The van der Waals surface area contributed by atoms with Crippen LogP contribution < -0.4 is 10.2 Å². The molecule has 0 bridgehead atoms. The van der Waals surface area contributed by atoms with E-state index in [4.69, 9.17) is 0 Å². The number of aryl methyl sites for hydroxylation is 1. The molecule has 0 aliphatic carbocycles. The molecule has 1 aliphatic heterocycles. The number of rotatable bonds is 6. The highest BCUT2D eigenvalue weighted by Crippen LogP contribution is 2.26. The number of hydrogen-bond donors (Lipinski definition) is 1. The summed E-state index contributed by atoms with van der Waals surface area (Å²) < 4.78 is 13.7. The maximum absolute atomic E-state index is 13.7. The van der Waals surface area contributed by atoms with Gasteiger partial charge >= 0.3 is 0 Å². The Morgan fingerprint density at radius 3 is 2.87 bits per heavy atom. The first kappa shape index (κ1) is 17.4. The van der Waals surface area contributed by atoms with Crippen molar-refractivity contribution in [2.24, 2.45) is 5.92 Å². The van der Waals surface area contributed by atoms with Gasteiger partial charge in [0.05, 0.1) is 5.92 Å². The molecule has 0 aromatic heterocycles. The average molecular weight is 321 g/mol. The lowest BCUT2D eigenvalue weighted by Gasteiger charge is -2.18. The second-order valence-electron chi connectivity index (χ2n) is 6.03. The number of nitrogens with zero attached hydrogens (tertiary/aromatic N) is 2. The van der Waals surface area contributed by atoms with Crippen molar-refractivity contribution >= 4 is 17.5 Å². The molecule has 1 N–H and O–H groups in total. The molecular formula is C17H24FN3O2. The number of likely N-dealkylation sites (N-methyl/N-ethyl adjacent to an activating group) is 1. The number of carbonyl (C=O) groups excluding carboxylic acids is 2. The molecule has 23 heavy (non-hydrogen) atoms. The average Bonchev–Trinajstić information content (AvgIpc) is 2.91. The second kappa shape index (κ2) is 7.55. The van der Waals surface area contributed by atoms with E-state index < -0.39 is 0 Å². The number of carbonyl (C=O) groups is 2. The maximum Gasteiger partial charge on any atom is 0.227 e. The number of benzene rings is 1. The van der Waals surface area contributed by atoms with Crippen LogP contribution in [0.3, 0.4) is 0 Å². The van der Waals surface area contributed by atoms with Crippen molar-refractivity contribution in [3.63, 3.8) is 0 Å². The summed E-state index contributed by atoms with van der Waals surface area (Å²) in [6, 6.07) is 4.71. The minimum atomic E-state index is -0.376. The van der Waals surface area contributed by atoms with Crippen molar-refractivity contribution in [2.45, 2.75) is 20.3 Å². The van der Waals surface area contributed by atoms with E-state index in [9.17, 15) is 14.0 Å². The second-order valence-corrected chi connectivity index (χ2v) is 6.03. The van der Waals surface area contributed by atoms with Crippen LogP contribution in [0.2, 0.25) is 0 Å². The first-order valence-electron chi connectivity index (χ1n) is 7.95. The zero-order valence-corrected chi connectivity index (χ0v) is 13.9. The van der Waals surface area contributed by atoms with Crippen molar-refractivity contribution < 1.29 is 14.0 Å². The number of anilines is 1. The van der Waals surface area contributed by atoms with E-state index in [2.05, 4.69) is 17.1 Å². The van der Waals surface area contributed by atoms with E-state index in [-0.39, 0.29) is 30.0 Å². The first-order chi connectivity index (χ1) is 10.9. The van der Waals surface area contributed by atoms with Gasteiger partial charge in [0.25, 0.3) is 0 Å². The monoisotopic (exact) mass is 321 g/mol. The van der Waals surface area contributed by atoms with Crippen LogP contribution in [0.4, 0.5) is 10.1 Å². The smallest absolute Gasteiger partial charge is 0.227 e. The molecular weight excluding hydrogens is 297 g/mol. The molecule has 2 rings (SSSR count). The van der Waals surface area contributed by atoms with Crippen molar-refractivity contribution in [1.82, 2.24) is 10.2 Å². The van der Waals surface area contributed by atoms with E-state index >= 15 is 0 Å². The summed E-state index contributed by atoms with van der Waals surface area (Å²) in [4.78, 5) is 27.9. The van der Waals surface area contributed by atoms with E-state index in [1.54, 1.807) is 19.1 Å². The summed E-state index contributed by atoms with van der Waals surface area (Å²) in [7, 11) is 1.99. The van der Waals surface area contributed by atoms with Gasteiger partial charge in [-0.05, 0) is 38.2 Å². The molecule has 2 amide bonds. The van der Waals surface area contributed by atoms with Gasteiger partial charge in [-0.2, -0.15) is 0 Å². The molecule has 1 aromatic carbocycles. The van der Waals surface area contributed by atoms with Crippen molar-refractivity contribution in [3.8, 4) is 0 Å². The summed E-state index contributed by atoms with van der Waals surface area (Å²) in [5, 5.41) is 2.87. The predicted octanol–water partition coefficient (Wildman–Crippen LogP) is 1.55. The fraction of sp³-hybridized carbons (Fsp3) is 0.529. The van der Waals surface area contributed by atoms with Crippen LogP contribution >= 0.6 is 0 Å². The van der Waals surface area contributed by atoms with Gasteiger partial charge in [-0.15, -0.1) is 0 Å². The molecule has 6 heteroatoms. The van der Waals surface area contributed by atoms with Gasteiger partial charge < -0.3 is 15.1 Å². The highest BCUT2D eigenvalue weighted by atomic mass is 19.1. The van der Waals surface area contributed by atoms with Crippen LogP contribution in [0.1, 0.15) is 18.9 Å². The van der Waals surface area contributed by atoms with Gasteiger partial charge in [0, 0.05) is 31.7 Å². The van der Waals surface area contributed by atoms with Gasteiger partial charge in [0.1, 0.15) is 5.82 Å². The van der Waals surface area contributed by atoms with Crippen LogP contribution in [0.5, 0.6) is 0 Å². The highest BCUT2D eigenvalue weighted by Gasteiger charge is 2.35. The summed E-state index contributed by atoms with van der Waals surface area (Å²) >= 11 is 0. The van der Waals surface area contributed by atoms with E-state index in [1.165, 1.54) is 11.0 Å². The third-order valence-electron chi connectivity index (χ3n) is 4.30. The lowest BCUT2D eigenvalue weighted by molar-refractivity contribution is -0.126. The van der Waals surface area contributed by atoms with Crippen LogP contribution in [0.25, 0.3) is 0 Å².